The lowest BCUT2D eigenvalue weighted by molar-refractivity contribution is 0.527. The number of thioether (sulfide) groups is 1. The minimum absolute atomic E-state index is 0.735. The van der Waals surface area contributed by atoms with E-state index in [1.165, 1.54) is 17.7 Å². The zero-order valence-electron chi connectivity index (χ0n) is 8.82. The van der Waals surface area contributed by atoms with Crippen molar-refractivity contribution in [2.45, 2.75) is 26.0 Å². The molecule has 0 N–H and O–H groups in total. The molecule has 0 saturated carbocycles. The maximum Gasteiger partial charge on any atom is 0.116 e. The quantitative estimate of drug-likeness (QED) is 0.747. The molecule has 0 aliphatic carbocycles. The Bertz CT molecular complexity index is 254. The third-order valence-electron chi connectivity index (χ3n) is 2.39. The average molecular weight is 230 g/mol. The molecule has 1 rings (SSSR count). The van der Waals surface area contributed by atoms with Crippen molar-refractivity contribution in [3.63, 3.8) is 0 Å². The van der Waals surface area contributed by atoms with Crippen molar-refractivity contribution >= 4 is 24.4 Å². The molecule has 0 bridgehead atoms. The van der Waals surface area contributed by atoms with E-state index in [0.29, 0.717) is 0 Å². The van der Waals surface area contributed by atoms with Gasteiger partial charge in [0, 0.05) is 0 Å². The second kappa shape index (κ2) is 6.46. The molecule has 14 heavy (non-hydrogen) atoms. The van der Waals surface area contributed by atoms with Gasteiger partial charge in [0.2, 0.25) is 0 Å². The van der Waals surface area contributed by atoms with Crippen LogP contribution in [0, 0.1) is 12.8 Å². The third-order valence-corrected chi connectivity index (χ3v) is 4.08. The molecule has 0 amide bonds. The van der Waals surface area contributed by atoms with Gasteiger partial charge in [-0.2, -0.15) is 24.4 Å². The zero-order valence-corrected chi connectivity index (χ0v) is 10.5. The van der Waals surface area contributed by atoms with Crippen molar-refractivity contribution in [2.75, 3.05) is 11.5 Å². The molecular weight excluding hydrogens is 212 g/mol. The Morgan fingerprint density at radius 2 is 2.36 bits per heavy atom. The van der Waals surface area contributed by atoms with Crippen LogP contribution in [-0.4, -0.2) is 11.5 Å². The van der Waals surface area contributed by atoms with Gasteiger partial charge in [0.15, 0.2) is 0 Å². The predicted octanol–water partition coefficient (Wildman–Crippen LogP) is 3.78. The number of rotatable bonds is 6. The van der Waals surface area contributed by atoms with Crippen LogP contribution in [0.25, 0.3) is 0 Å². The lowest BCUT2D eigenvalue weighted by atomic mass is 10.2. The fraction of sp³-hybridized carbons (Fsp3) is 0.636. The SMILES string of the molecule is CCC(CS)CSCc1occc1C. The van der Waals surface area contributed by atoms with Crippen LogP contribution < -0.4 is 0 Å². The summed E-state index contributed by atoms with van der Waals surface area (Å²) in [4.78, 5) is 0. The molecule has 1 nitrogen and oxygen atoms in total. The number of aryl methyl sites for hydroxylation is 1. The summed E-state index contributed by atoms with van der Waals surface area (Å²) in [6.07, 6.45) is 2.98. The van der Waals surface area contributed by atoms with Crippen molar-refractivity contribution in [1.29, 1.82) is 0 Å². The van der Waals surface area contributed by atoms with E-state index in [2.05, 4.69) is 26.5 Å². The first kappa shape index (κ1) is 12.1. The summed E-state index contributed by atoms with van der Waals surface area (Å²) in [6, 6.07) is 2.02. The summed E-state index contributed by atoms with van der Waals surface area (Å²) in [5.74, 6) is 5.01. The zero-order chi connectivity index (χ0) is 10.4. The average Bonchev–Trinajstić information content (AvgIpc) is 2.59. The van der Waals surface area contributed by atoms with Crippen LogP contribution in [0.5, 0.6) is 0 Å². The van der Waals surface area contributed by atoms with Crippen molar-refractivity contribution in [3.05, 3.63) is 23.7 Å². The van der Waals surface area contributed by atoms with Gasteiger partial charge >= 0.3 is 0 Å². The minimum Gasteiger partial charge on any atom is -0.468 e. The fourth-order valence-corrected chi connectivity index (χ4v) is 3.02. The summed E-state index contributed by atoms with van der Waals surface area (Å²) >= 11 is 6.27. The number of hydrogen-bond donors (Lipinski definition) is 1. The van der Waals surface area contributed by atoms with Crippen molar-refractivity contribution in [1.82, 2.24) is 0 Å². The summed E-state index contributed by atoms with van der Waals surface area (Å²) in [7, 11) is 0. The molecule has 0 aliphatic heterocycles. The maximum absolute atomic E-state index is 5.37. The largest absolute Gasteiger partial charge is 0.468 e. The Labute approximate surface area is 96.1 Å². The van der Waals surface area contributed by atoms with Crippen LogP contribution in [0.15, 0.2) is 16.7 Å². The summed E-state index contributed by atoms with van der Waals surface area (Å²) < 4.78 is 5.37. The molecule has 1 heterocycles. The second-order valence-electron chi connectivity index (χ2n) is 3.50. The number of furan rings is 1. The van der Waals surface area contributed by atoms with E-state index < -0.39 is 0 Å². The van der Waals surface area contributed by atoms with E-state index in [-0.39, 0.29) is 0 Å². The first-order valence-electron chi connectivity index (χ1n) is 4.99. The van der Waals surface area contributed by atoms with E-state index in [9.17, 15) is 0 Å². The molecule has 1 aromatic rings. The van der Waals surface area contributed by atoms with Gasteiger partial charge in [0.1, 0.15) is 5.76 Å². The third kappa shape index (κ3) is 3.62. The molecule has 1 atom stereocenters. The van der Waals surface area contributed by atoms with Crippen LogP contribution in [-0.2, 0) is 5.75 Å². The molecular formula is C11H18OS2. The van der Waals surface area contributed by atoms with Gasteiger partial charge in [0.05, 0.1) is 12.0 Å². The highest BCUT2D eigenvalue weighted by Gasteiger charge is 2.06. The molecule has 0 radical (unpaired) electrons. The van der Waals surface area contributed by atoms with Gasteiger partial charge in [-0.3, -0.25) is 0 Å². The Hall–Kier alpha value is -0.0200. The van der Waals surface area contributed by atoms with Crippen LogP contribution in [0.3, 0.4) is 0 Å². The standard InChI is InChI=1S/C11H18OS2/c1-3-10(6-13)7-14-8-11-9(2)4-5-12-11/h4-5,10,13H,3,6-8H2,1-2H3. The van der Waals surface area contributed by atoms with Crippen molar-refractivity contribution in [2.24, 2.45) is 5.92 Å². The highest BCUT2D eigenvalue weighted by atomic mass is 32.2. The van der Waals surface area contributed by atoms with E-state index in [0.717, 1.165) is 23.2 Å². The van der Waals surface area contributed by atoms with E-state index in [1.54, 1.807) is 6.26 Å². The Morgan fingerprint density at radius 3 is 2.86 bits per heavy atom. The van der Waals surface area contributed by atoms with Crippen LogP contribution >= 0.6 is 24.4 Å². The number of hydrogen-bond acceptors (Lipinski definition) is 3. The van der Waals surface area contributed by atoms with Gasteiger partial charge < -0.3 is 4.42 Å². The molecule has 0 aromatic carbocycles. The molecule has 3 heteroatoms. The van der Waals surface area contributed by atoms with E-state index in [1.807, 2.05) is 17.8 Å². The lowest BCUT2D eigenvalue weighted by Crippen LogP contribution is -2.03. The highest BCUT2D eigenvalue weighted by molar-refractivity contribution is 7.98. The molecule has 1 unspecified atom stereocenters. The summed E-state index contributed by atoms with van der Waals surface area (Å²) in [6.45, 7) is 4.31. The maximum atomic E-state index is 5.37. The van der Waals surface area contributed by atoms with Gasteiger partial charge in [-0.15, -0.1) is 0 Å². The fourth-order valence-electron chi connectivity index (χ4n) is 1.17. The molecule has 0 saturated heterocycles. The number of thiol groups is 1. The van der Waals surface area contributed by atoms with Crippen molar-refractivity contribution in [3.8, 4) is 0 Å². The second-order valence-corrected chi connectivity index (χ2v) is 4.89. The van der Waals surface area contributed by atoms with Gasteiger partial charge in [-0.05, 0) is 36.0 Å². The van der Waals surface area contributed by atoms with Gasteiger partial charge in [0.25, 0.3) is 0 Å². The monoisotopic (exact) mass is 230 g/mol. The van der Waals surface area contributed by atoms with Crippen LogP contribution in [0.2, 0.25) is 0 Å². The van der Waals surface area contributed by atoms with Crippen LogP contribution in [0.1, 0.15) is 24.7 Å². The molecule has 1 aromatic heterocycles. The Morgan fingerprint density at radius 1 is 1.57 bits per heavy atom. The minimum atomic E-state index is 0.735. The first-order valence-corrected chi connectivity index (χ1v) is 6.78. The Balaban J connectivity index is 2.24. The molecule has 0 aliphatic rings. The van der Waals surface area contributed by atoms with Crippen molar-refractivity contribution < 1.29 is 4.42 Å². The van der Waals surface area contributed by atoms with Gasteiger partial charge in [-0.25, -0.2) is 0 Å². The Kier molecular flexibility index (Phi) is 5.56. The first-order chi connectivity index (χ1) is 6.77. The van der Waals surface area contributed by atoms with E-state index in [4.69, 9.17) is 4.42 Å². The normalized spacial score (nSPS) is 13.1. The van der Waals surface area contributed by atoms with E-state index >= 15 is 0 Å². The summed E-state index contributed by atoms with van der Waals surface area (Å²) in [5, 5.41) is 0. The van der Waals surface area contributed by atoms with Gasteiger partial charge in [-0.1, -0.05) is 13.3 Å². The molecule has 0 spiro atoms. The topological polar surface area (TPSA) is 13.1 Å². The highest BCUT2D eigenvalue weighted by Crippen LogP contribution is 2.20. The molecule has 0 fully saturated rings. The lowest BCUT2D eigenvalue weighted by Gasteiger charge is -2.10. The summed E-state index contributed by atoms with van der Waals surface area (Å²) in [5.41, 5.74) is 1.26. The predicted molar refractivity (Wildman–Crippen MR) is 67.2 cm³/mol. The smallest absolute Gasteiger partial charge is 0.116 e. The van der Waals surface area contributed by atoms with Crippen LogP contribution in [0.4, 0.5) is 0 Å². The molecule has 80 valence electrons.